The van der Waals surface area contributed by atoms with E-state index in [1.165, 1.54) is 17.7 Å². The van der Waals surface area contributed by atoms with Gasteiger partial charge in [-0.2, -0.15) is 0 Å². The zero-order chi connectivity index (χ0) is 15.3. The maximum atomic E-state index is 13.7. The molecule has 1 nitrogen and oxygen atoms in total. The molecule has 0 aromatic heterocycles. The summed E-state index contributed by atoms with van der Waals surface area (Å²) in [7, 11) is 0. The quantitative estimate of drug-likeness (QED) is 0.745. The molecule has 0 N–H and O–H groups in total. The van der Waals surface area contributed by atoms with Crippen molar-refractivity contribution in [1.29, 1.82) is 0 Å². The molecule has 2 aliphatic heterocycles. The first-order chi connectivity index (χ1) is 10.6. The van der Waals surface area contributed by atoms with Crippen LogP contribution in [-0.2, 0) is 12.0 Å². The lowest BCUT2D eigenvalue weighted by molar-refractivity contribution is 0.0818. The molecule has 2 aliphatic rings. The van der Waals surface area contributed by atoms with E-state index in [0.29, 0.717) is 0 Å². The third-order valence-electron chi connectivity index (χ3n) is 5.39. The van der Waals surface area contributed by atoms with Gasteiger partial charge in [-0.25, -0.2) is 8.78 Å². The molecule has 0 saturated carbocycles. The van der Waals surface area contributed by atoms with Crippen LogP contribution in [-0.4, -0.2) is 11.4 Å². The lowest BCUT2D eigenvalue weighted by Crippen LogP contribution is -2.46. The monoisotopic (exact) mass is 299 g/mol. The van der Waals surface area contributed by atoms with E-state index in [1.807, 2.05) is 18.2 Å². The summed E-state index contributed by atoms with van der Waals surface area (Å²) in [6.45, 7) is 3.22. The van der Waals surface area contributed by atoms with Gasteiger partial charge in [-0.05, 0) is 73.7 Å². The summed E-state index contributed by atoms with van der Waals surface area (Å²) < 4.78 is 27.0. The van der Waals surface area contributed by atoms with Crippen molar-refractivity contribution in [2.75, 3.05) is 6.54 Å². The Morgan fingerprint density at radius 1 is 1.05 bits per heavy atom. The molecule has 2 aromatic carbocycles. The predicted molar refractivity (Wildman–Crippen MR) is 82.5 cm³/mol. The maximum absolute atomic E-state index is 13.7. The van der Waals surface area contributed by atoms with Crippen molar-refractivity contribution < 1.29 is 8.78 Å². The lowest BCUT2D eigenvalue weighted by Gasteiger charge is -2.46. The smallest absolute Gasteiger partial charge is 0.123 e. The van der Waals surface area contributed by atoms with Crippen LogP contribution in [0.25, 0.3) is 0 Å². The van der Waals surface area contributed by atoms with Crippen molar-refractivity contribution in [3.05, 3.63) is 70.8 Å². The van der Waals surface area contributed by atoms with Gasteiger partial charge in [-0.1, -0.05) is 18.2 Å². The van der Waals surface area contributed by atoms with E-state index in [2.05, 4.69) is 11.8 Å². The molecule has 0 bridgehead atoms. The van der Waals surface area contributed by atoms with E-state index in [1.54, 1.807) is 12.1 Å². The third-order valence-corrected chi connectivity index (χ3v) is 5.39. The van der Waals surface area contributed by atoms with Crippen molar-refractivity contribution in [2.45, 2.75) is 37.8 Å². The van der Waals surface area contributed by atoms with Gasteiger partial charge in [0.1, 0.15) is 11.6 Å². The Bertz CT molecular complexity index is 710. The summed E-state index contributed by atoms with van der Waals surface area (Å²) >= 11 is 0. The first-order valence-corrected chi connectivity index (χ1v) is 7.89. The van der Waals surface area contributed by atoms with E-state index in [-0.39, 0.29) is 23.2 Å². The van der Waals surface area contributed by atoms with Gasteiger partial charge in [0, 0.05) is 11.6 Å². The topological polar surface area (TPSA) is 3.24 Å². The Labute approximate surface area is 129 Å². The number of hydrogen-bond donors (Lipinski definition) is 0. The summed E-state index contributed by atoms with van der Waals surface area (Å²) in [4.78, 5) is 2.47. The van der Waals surface area contributed by atoms with E-state index in [4.69, 9.17) is 0 Å². The number of hydrogen-bond acceptors (Lipinski definition) is 1. The number of rotatable bonds is 1. The Morgan fingerprint density at radius 2 is 1.77 bits per heavy atom. The fraction of sp³-hybridized carbons (Fsp3) is 0.368. The normalized spacial score (nSPS) is 27.5. The van der Waals surface area contributed by atoms with Gasteiger partial charge in [0.05, 0.1) is 0 Å². The Kier molecular flexibility index (Phi) is 3.08. The number of benzene rings is 2. The van der Waals surface area contributed by atoms with Crippen LogP contribution in [0.15, 0.2) is 42.5 Å². The molecule has 2 atom stereocenters. The van der Waals surface area contributed by atoms with Crippen molar-refractivity contribution >= 4 is 0 Å². The fourth-order valence-corrected chi connectivity index (χ4v) is 4.30. The second-order valence-electron chi connectivity index (χ2n) is 6.64. The molecule has 0 unspecified atom stereocenters. The standard InChI is InChI=1S/C19H19F2N/c1-19-9-2-10-22(19)18(13-3-6-15(20)7-4-13)11-14-5-8-16(21)12-17(14)19/h3-8,12,18H,2,9-11H2,1H3/t18-,19-/m1/s1. The molecule has 3 heteroatoms. The first-order valence-electron chi connectivity index (χ1n) is 7.89. The highest BCUT2D eigenvalue weighted by Gasteiger charge is 2.46. The molecule has 0 spiro atoms. The van der Waals surface area contributed by atoms with Crippen LogP contribution in [0.4, 0.5) is 8.78 Å². The molecule has 4 rings (SSSR count). The Morgan fingerprint density at radius 3 is 2.55 bits per heavy atom. The number of nitrogens with zero attached hydrogens (tertiary/aromatic N) is 1. The largest absolute Gasteiger partial charge is 0.287 e. The van der Waals surface area contributed by atoms with E-state index < -0.39 is 0 Å². The van der Waals surface area contributed by atoms with Gasteiger partial charge in [0.15, 0.2) is 0 Å². The van der Waals surface area contributed by atoms with Crippen LogP contribution < -0.4 is 0 Å². The molecule has 22 heavy (non-hydrogen) atoms. The molecule has 1 saturated heterocycles. The minimum atomic E-state index is -0.203. The first kappa shape index (κ1) is 13.9. The van der Waals surface area contributed by atoms with Crippen molar-refractivity contribution in [1.82, 2.24) is 4.90 Å². The Balaban J connectivity index is 1.83. The molecule has 0 radical (unpaired) electrons. The van der Waals surface area contributed by atoms with Crippen LogP contribution in [0, 0.1) is 11.6 Å². The van der Waals surface area contributed by atoms with E-state index in [9.17, 15) is 8.78 Å². The molecule has 0 amide bonds. The molecule has 114 valence electrons. The third kappa shape index (κ3) is 1.99. The van der Waals surface area contributed by atoms with Gasteiger partial charge in [0.25, 0.3) is 0 Å². The van der Waals surface area contributed by atoms with Crippen LogP contribution in [0.5, 0.6) is 0 Å². The predicted octanol–water partition coefficient (Wildman–Crippen LogP) is 4.57. The van der Waals surface area contributed by atoms with Gasteiger partial charge < -0.3 is 0 Å². The summed E-state index contributed by atoms with van der Waals surface area (Å²) in [6.07, 6.45) is 3.02. The van der Waals surface area contributed by atoms with E-state index >= 15 is 0 Å². The molecular weight excluding hydrogens is 280 g/mol. The van der Waals surface area contributed by atoms with Crippen molar-refractivity contribution in [3.8, 4) is 0 Å². The van der Waals surface area contributed by atoms with Crippen LogP contribution in [0.3, 0.4) is 0 Å². The average Bonchev–Trinajstić information content (AvgIpc) is 2.91. The van der Waals surface area contributed by atoms with Gasteiger partial charge in [-0.3, -0.25) is 4.90 Å². The zero-order valence-electron chi connectivity index (χ0n) is 12.7. The van der Waals surface area contributed by atoms with Crippen LogP contribution >= 0.6 is 0 Å². The summed E-state index contributed by atoms with van der Waals surface area (Å²) in [5.41, 5.74) is 3.37. The van der Waals surface area contributed by atoms with Crippen LogP contribution in [0.2, 0.25) is 0 Å². The second kappa shape index (κ2) is 4.88. The second-order valence-corrected chi connectivity index (χ2v) is 6.64. The van der Waals surface area contributed by atoms with E-state index in [0.717, 1.165) is 36.9 Å². The van der Waals surface area contributed by atoms with Crippen molar-refractivity contribution in [3.63, 3.8) is 0 Å². The minimum Gasteiger partial charge on any atom is -0.287 e. The summed E-state index contributed by atoms with van der Waals surface area (Å²) in [5, 5.41) is 0. The summed E-state index contributed by atoms with van der Waals surface area (Å²) in [6, 6.07) is 12.2. The zero-order valence-corrected chi connectivity index (χ0v) is 12.7. The molecule has 0 aliphatic carbocycles. The van der Waals surface area contributed by atoms with Gasteiger partial charge in [0.2, 0.25) is 0 Å². The summed E-state index contributed by atoms with van der Waals surface area (Å²) in [5.74, 6) is -0.363. The highest BCUT2D eigenvalue weighted by Crippen LogP contribution is 2.49. The SMILES string of the molecule is C[C@]12CCCN1[C@@H](c1ccc(F)cc1)Cc1ccc(F)cc12. The minimum absolute atomic E-state index is 0.116. The van der Waals surface area contributed by atoms with Gasteiger partial charge in [-0.15, -0.1) is 0 Å². The number of halogens is 2. The number of fused-ring (bicyclic) bond motifs is 3. The van der Waals surface area contributed by atoms with Crippen LogP contribution in [0.1, 0.15) is 42.5 Å². The highest BCUT2D eigenvalue weighted by atomic mass is 19.1. The molecule has 2 heterocycles. The van der Waals surface area contributed by atoms with Gasteiger partial charge >= 0.3 is 0 Å². The van der Waals surface area contributed by atoms with Crippen molar-refractivity contribution in [2.24, 2.45) is 0 Å². The molecular formula is C19H19F2N. The fourth-order valence-electron chi connectivity index (χ4n) is 4.30. The molecule has 2 aromatic rings. The highest BCUT2D eigenvalue weighted by molar-refractivity contribution is 5.40. The maximum Gasteiger partial charge on any atom is 0.123 e. The molecule has 1 fully saturated rings. The average molecular weight is 299 g/mol. The lowest BCUT2D eigenvalue weighted by atomic mass is 9.78. The Hall–Kier alpha value is -1.74.